The lowest BCUT2D eigenvalue weighted by molar-refractivity contribution is -0.123. The predicted octanol–water partition coefficient (Wildman–Crippen LogP) is 1.68. The van der Waals surface area contributed by atoms with Crippen molar-refractivity contribution in [2.75, 3.05) is 13.2 Å². The van der Waals surface area contributed by atoms with E-state index in [0.29, 0.717) is 18.2 Å². The van der Waals surface area contributed by atoms with Gasteiger partial charge in [0.1, 0.15) is 6.10 Å². The van der Waals surface area contributed by atoms with E-state index in [-0.39, 0.29) is 24.2 Å². The summed E-state index contributed by atoms with van der Waals surface area (Å²) >= 11 is 5.86. The van der Waals surface area contributed by atoms with Crippen molar-refractivity contribution < 1.29 is 14.3 Å². The summed E-state index contributed by atoms with van der Waals surface area (Å²) in [5.41, 5.74) is 1.04. The highest BCUT2D eigenvalue weighted by Gasteiger charge is 2.36. The molecule has 2 saturated heterocycles. The molecule has 18 heavy (non-hydrogen) atoms. The first kappa shape index (κ1) is 12.0. The Labute approximate surface area is 110 Å². The second-order valence-electron chi connectivity index (χ2n) is 4.57. The summed E-state index contributed by atoms with van der Waals surface area (Å²) in [6.45, 7) is 1.19. The van der Waals surface area contributed by atoms with Crippen LogP contribution in [0.1, 0.15) is 18.1 Å². The van der Waals surface area contributed by atoms with Crippen LogP contribution in [0.15, 0.2) is 24.3 Å². The molecule has 0 spiro atoms. The molecule has 1 unspecified atom stereocenters. The van der Waals surface area contributed by atoms with Crippen LogP contribution in [0.4, 0.5) is 0 Å². The molecule has 3 atom stereocenters. The molecule has 1 aromatic carbocycles. The fourth-order valence-corrected chi connectivity index (χ4v) is 2.32. The minimum absolute atomic E-state index is 0.0166. The number of amides is 1. The van der Waals surface area contributed by atoms with Gasteiger partial charge in [-0.1, -0.05) is 23.7 Å². The minimum atomic E-state index is -0.253. The van der Waals surface area contributed by atoms with Crippen LogP contribution >= 0.6 is 11.6 Å². The van der Waals surface area contributed by atoms with Gasteiger partial charge < -0.3 is 14.8 Å². The molecule has 96 valence electrons. The molecule has 0 saturated carbocycles. The van der Waals surface area contributed by atoms with Gasteiger partial charge in [-0.15, -0.1) is 0 Å². The third kappa shape index (κ3) is 2.51. The van der Waals surface area contributed by atoms with E-state index in [4.69, 9.17) is 21.1 Å². The summed E-state index contributed by atoms with van der Waals surface area (Å²) in [5.74, 6) is -0.0375. The maximum atomic E-state index is 11.7. The van der Waals surface area contributed by atoms with Crippen molar-refractivity contribution in [1.29, 1.82) is 0 Å². The van der Waals surface area contributed by atoms with Gasteiger partial charge in [0.05, 0.1) is 12.6 Å². The third-order valence-electron chi connectivity index (χ3n) is 3.24. The van der Waals surface area contributed by atoms with E-state index < -0.39 is 0 Å². The summed E-state index contributed by atoms with van der Waals surface area (Å²) in [4.78, 5) is 11.7. The number of carbonyl (C=O) groups is 1. The van der Waals surface area contributed by atoms with E-state index >= 15 is 0 Å². The van der Waals surface area contributed by atoms with Gasteiger partial charge in [0.2, 0.25) is 0 Å². The van der Waals surface area contributed by atoms with Crippen LogP contribution in [-0.2, 0) is 14.3 Å². The fourth-order valence-electron chi connectivity index (χ4n) is 2.19. The van der Waals surface area contributed by atoms with Gasteiger partial charge >= 0.3 is 0 Å². The molecule has 3 rings (SSSR count). The van der Waals surface area contributed by atoms with Crippen molar-refractivity contribution in [2.24, 2.45) is 0 Å². The monoisotopic (exact) mass is 267 g/mol. The summed E-state index contributed by atoms with van der Waals surface area (Å²) in [6, 6.07) is 7.56. The highest BCUT2D eigenvalue weighted by atomic mass is 35.5. The van der Waals surface area contributed by atoms with Gasteiger partial charge in [0.25, 0.3) is 5.91 Å². The Hall–Kier alpha value is -1.10. The highest BCUT2D eigenvalue weighted by molar-refractivity contribution is 6.30. The fraction of sp³-hybridized carbons (Fsp3) is 0.462. The zero-order chi connectivity index (χ0) is 12.5. The Morgan fingerprint density at radius 2 is 2.00 bits per heavy atom. The van der Waals surface area contributed by atoms with E-state index in [9.17, 15) is 4.79 Å². The van der Waals surface area contributed by atoms with Gasteiger partial charge in [-0.25, -0.2) is 0 Å². The van der Waals surface area contributed by atoms with Crippen LogP contribution in [0, 0.1) is 0 Å². The lowest BCUT2D eigenvalue weighted by Crippen LogP contribution is -2.39. The molecular formula is C13H14ClNO3. The molecule has 1 amide bonds. The standard InChI is InChI=1S/C13H14ClNO3/c14-9-3-1-8(2-4-9)12-10(5-6-17-12)15-13(16)11-7-18-11/h1-4,10-12H,5-7H2,(H,15,16)/t10-,11?,12+/m1/s1. The molecule has 1 aromatic rings. The van der Waals surface area contributed by atoms with Crippen molar-refractivity contribution in [3.63, 3.8) is 0 Å². The van der Waals surface area contributed by atoms with Crippen molar-refractivity contribution in [1.82, 2.24) is 5.32 Å². The van der Waals surface area contributed by atoms with E-state index in [1.165, 1.54) is 0 Å². The minimum Gasteiger partial charge on any atom is -0.371 e. The van der Waals surface area contributed by atoms with E-state index in [1.54, 1.807) is 0 Å². The number of halogens is 1. The van der Waals surface area contributed by atoms with E-state index in [2.05, 4.69) is 5.32 Å². The van der Waals surface area contributed by atoms with Crippen LogP contribution in [0.5, 0.6) is 0 Å². The molecular weight excluding hydrogens is 254 g/mol. The topological polar surface area (TPSA) is 50.9 Å². The normalized spacial score (nSPS) is 30.2. The number of epoxide rings is 1. The maximum absolute atomic E-state index is 11.7. The number of rotatable bonds is 3. The molecule has 5 heteroatoms. The number of benzene rings is 1. The summed E-state index contributed by atoms with van der Waals surface area (Å²) in [5, 5.41) is 3.68. The van der Waals surface area contributed by atoms with E-state index in [1.807, 2.05) is 24.3 Å². The molecule has 0 bridgehead atoms. The maximum Gasteiger partial charge on any atom is 0.251 e. The molecule has 0 radical (unpaired) electrons. The summed E-state index contributed by atoms with van der Waals surface area (Å²) in [7, 11) is 0. The van der Waals surface area contributed by atoms with Crippen molar-refractivity contribution in [3.8, 4) is 0 Å². The largest absolute Gasteiger partial charge is 0.371 e. The Morgan fingerprint density at radius 1 is 1.28 bits per heavy atom. The average molecular weight is 268 g/mol. The highest BCUT2D eigenvalue weighted by Crippen LogP contribution is 2.30. The lowest BCUT2D eigenvalue weighted by atomic mass is 10.0. The quantitative estimate of drug-likeness (QED) is 0.848. The van der Waals surface area contributed by atoms with Gasteiger partial charge in [-0.2, -0.15) is 0 Å². The van der Waals surface area contributed by atoms with Crippen molar-refractivity contribution in [3.05, 3.63) is 34.9 Å². The zero-order valence-electron chi connectivity index (χ0n) is 9.77. The molecule has 2 heterocycles. The molecule has 2 aliphatic rings. The SMILES string of the molecule is O=C(N[C@@H]1CCO[C@H]1c1ccc(Cl)cc1)C1CO1. The Balaban J connectivity index is 1.70. The molecule has 2 aliphatic heterocycles. The molecule has 2 fully saturated rings. The first-order chi connectivity index (χ1) is 8.74. The number of hydrogen-bond donors (Lipinski definition) is 1. The number of hydrogen-bond acceptors (Lipinski definition) is 3. The van der Waals surface area contributed by atoms with Gasteiger partial charge in [0, 0.05) is 11.6 Å². The lowest BCUT2D eigenvalue weighted by Gasteiger charge is -2.19. The summed E-state index contributed by atoms with van der Waals surface area (Å²) < 4.78 is 10.7. The van der Waals surface area contributed by atoms with Crippen LogP contribution in [0.25, 0.3) is 0 Å². The van der Waals surface area contributed by atoms with Crippen LogP contribution in [0.2, 0.25) is 5.02 Å². The summed E-state index contributed by atoms with van der Waals surface area (Å²) in [6.07, 6.45) is 0.479. The second kappa shape index (κ2) is 4.88. The van der Waals surface area contributed by atoms with Gasteiger partial charge in [-0.05, 0) is 24.1 Å². The van der Waals surface area contributed by atoms with Crippen molar-refractivity contribution in [2.45, 2.75) is 24.7 Å². The average Bonchev–Trinajstić information content (AvgIpc) is 3.12. The van der Waals surface area contributed by atoms with Gasteiger partial charge in [-0.3, -0.25) is 4.79 Å². The smallest absolute Gasteiger partial charge is 0.251 e. The predicted molar refractivity (Wildman–Crippen MR) is 66.4 cm³/mol. The van der Waals surface area contributed by atoms with Gasteiger partial charge in [0.15, 0.2) is 6.10 Å². The Kier molecular flexibility index (Phi) is 3.24. The molecule has 1 N–H and O–H groups in total. The Morgan fingerprint density at radius 3 is 2.67 bits per heavy atom. The number of carbonyl (C=O) groups excluding carboxylic acids is 1. The molecule has 0 aromatic heterocycles. The number of ether oxygens (including phenoxy) is 2. The zero-order valence-corrected chi connectivity index (χ0v) is 10.5. The first-order valence-corrected chi connectivity index (χ1v) is 6.41. The van der Waals surface area contributed by atoms with Crippen LogP contribution in [-0.4, -0.2) is 31.3 Å². The second-order valence-corrected chi connectivity index (χ2v) is 5.01. The first-order valence-electron chi connectivity index (χ1n) is 6.03. The molecule has 0 aliphatic carbocycles. The molecule has 4 nitrogen and oxygen atoms in total. The van der Waals surface area contributed by atoms with Crippen molar-refractivity contribution >= 4 is 17.5 Å². The Bertz CT molecular complexity index is 444. The van der Waals surface area contributed by atoms with Crippen LogP contribution in [0.3, 0.4) is 0 Å². The number of nitrogens with one attached hydrogen (secondary N) is 1. The van der Waals surface area contributed by atoms with E-state index in [0.717, 1.165) is 12.0 Å². The van der Waals surface area contributed by atoms with Crippen LogP contribution < -0.4 is 5.32 Å². The third-order valence-corrected chi connectivity index (χ3v) is 3.50.